The first-order chi connectivity index (χ1) is 18.0. The summed E-state index contributed by atoms with van der Waals surface area (Å²) >= 11 is 0. The summed E-state index contributed by atoms with van der Waals surface area (Å²) in [6.45, 7) is 0. The molecular formula is C25H22N8O4. The highest BCUT2D eigenvalue weighted by atomic mass is 16.3. The van der Waals surface area contributed by atoms with Crippen LogP contribution in [0.5, 0.6) is 5.75 Å². The fourth-order valence-corrected chi connectivity index (χ4v) is 2.61. The third-order valence-corrected chi connectivity index (χ3v) is 4.35. The van der Waals surface area contributed by atoms with Crippen LogP contribution < -0.4 is 16.2 Å². The molecular weight excluding hydrogens is 476 g/mol. The van der Waals surface area contributed by atoms with Crippen molar-refractivity contribution in [1.82, 2.24) is 26.0 Å². The molecule has 12 heteroatoms. The molecule has 0 unspecified atom stereocenters. The van der Waals surface area contributed by atoms with E-state index in [0.717, 1.165) is 11.1 Å². The lowest BCUT2D eigenvalue weighted by Crippen LogP contribution is -2.35. The molecule has 1 heterocycles. The van der Waals surface area contributed by atoms with E-state index in [4.69, 9.17) is 0 Å². The number of carbonyl (C=O) groups is 3. The van der Waals surface area contributed by atoms with Gasteiger partial charge in [-0.3, -0.25) is 24.8 Å². The molecule has 0 saturated carbocycles. The van der Waals surface area contributed by atoms with Gasteiger partial charge in [0.25, 0.3) is 5.91 Å². The summed E-state index contributed by atoms with van der Waals surface area (Å²) in [5.41, 5.74) is 6.05. The van der Waals surface area contributed by atoms with Crippen molar-refractivity contribution < 1.29 is 19.5 Å². The molecule has 1 aromatic heterocycles. The zero-order valence-electron chi connectivity index (χ0n) is 19.3. The van der Waals surface area contributed by atoms with Crippen LogP contribution in [-0.2, 0) is 9.59 Å². The highest BCUT2D eigenvalue weighted by Crippen LogP contribution is 2.16. The second-order valence-corrected chi connectivity index (χ2v) is 7.01. The normalized spacial score (nSPS) is 10.4. The van der Waals surface area contributed by atoms with Crippen molar-refractivity contribution in [1.29, 1.82) is 0 Å². The molecule has 0 aliphatic rings. The average molecular weight is 499 g/mol. The first kappa shape index (κ1) is 26.0. The van der Waals surface area contributed by atoms with Gasteiger partial charge in [-0.05, 0) is 23.3 Å². The Bertz CT molecular complexity index is 1300. The van der Waals surface area contributed by atoms with Crippen molar-refractivity contribution in [3.63, 3.8) is 0 Å². The second kappa shape index (κ2) is 13.9. The third kappa shape index (κ3) is 8.90. The molecule has 0 atom stereocenters. The van der Waals surface area contributed by atoms with E-state index in [1.165, 1.54) is 30.9 Å². The van der Waals surface area contributed by atoms with Gasteiger partial charge in [0.15, 0.2) is 0 Å². The quantitative estimate of drug-likeness (QED) is 0.154. The summed E-state index contributed by atoms with van der Waals surface area (Å²) in [4.78, 5) is 38.2. The maximum atomic E-state index is 11.6. The van der Waals surface area contributed by atoms with Gasteiger partial charge < -0.3 is 5.11 Å². The topological polar surface area (TPSA) is 174 Å². The molecule has 4 rings (SSSR count). The Balaban J connectivity index is 0.000000220. The van der Waals surface area contributed by atoms with Crippen LogP contribution in [0.2, 0.25) is 0 Å². The summed E-state index contributed by atoms with van der Waals surface area (Å²) in [7, 11) is 0. The monoisotopic (exact) mass is 498 g/mol. The van der Waals surface area contributed by atoms with Gasteiger partial charge in [0, 0.05) is 0 Å². The highest BCUT2D eigenvalue weighted by molar-refractivity contribution is 6.35. The van der Waals surface area contributed by atoms with Crippen molar-refractivity contribution in [3.8, 4) is 5.75 Å². The summed E-state index contributed by atoms with van der Waals surface area (Å²) < 4.78 is 0. The van der Waals surface area contributed by atoms with E-state index in [1.54, 1.807) is 12.1 Å². The largest absolute Gasteiger partial charge is 0.507 e. The highest BCUT2D eigenvalue weighted by Gasteiger charge is 2.12. The Labute approximate surface area is 211 Å². The maximum absolute atomic E-state index is 11.6. The smallest absolute Gasteiger partial charge is 0.331 e. The number of phenols is 1. The van der Waals surface area contributed by atoms with Crippen molar-refractivity contribution in [2.24, 2.45) is 10.2 Å². The molecule has 0 aliphatic carbocycles. The Hall–Kier alpha value is -5.65. The summed E-state index contributed by atoms with van der Waals surface area (Å²) in [5.74, 6) is -2.14. The molecule has 4 aromatic rings. The van der Waals surface area contributed by atoms with Crippen molar-refractivity contribution in [2.75, 3.05) is 5.32 Å². The number of H-pyrrole nitrogens is 1. The lowest BCUT2D eigenvalue weighted by atomic mass is 10.2. The number of anilines is 1. The Morgan fingerprint density at radius 3 is 1.76 bits per heavy atom. The van der Waals surface area contributed by atoms with E-state index < -0.39 is 17.7 Å². The van der Waals surface area contributed by atoms with Gasteiger partial charge in [-0.1, -0.05) is 72.8 Å². The SMILES string of the molecule is O=C(NN=Cc1ccccc1)C(=O)NN=Cc1ccccc1.O=C(Nc1nc[nH]n1)c1ccccc1O. The number of hydrogen-bond acceptors (Lipinski definition) is 8. The van der Waals surface area contributed by atoms with Crippen LogP contribution in [0.3, 0.4) is 0 Å². The number of aromatic amines is 1. The maximum Gasteiger partial charge on any atom is 0.331 e. The van der Waals surface area contributed by atoms with Crippen LogP contribution in [0.15, 0.2) is 101 Å². The summed E-state index contributed by atoms with van der Waals surface area (Å²) in [6.07, 6.45) is 4.23. The number of phenolic OH excluding ortho intramolecular Hbond substituents is 1. The van der Waals surface area contributed by atoms with Crippen LogP contribution in [0, 0.1) is 0 Å². The van der Waals surface area contributed by atoms with Crippen molar-refractivity contribution in [2.45, 2.75) is 0 Å². The first-order valence-corrected chi connectivity index (χ1v) is 10.7. The van der Waals surface area contributed by atoms with Crippen LogP contribution in [-0.4, -0.2) is 50.4 Å². The number of nitrogens with zero attached hydrogens (tertiary/aromatic N) is 4. The zero-order chi connectivity index (χ0) is 26.3. The van der Waals surface area contributed by atoms with Gasteiger partial charge in [-0.2, -0.15) is 10.2 Å². The summed E-state index contributed by atoms with van der Waals surface area (Å²) in [6, 6.07) is 24.6. The predicted molar refractivity (Wildman–Crippen MR) is 137 cm³/mol. The van der Waals surface area contributed by atoms with Crippen molar-refractivity contribution in [3.05, 3.63) is 108 Å². The van der Waals surface area contributed by atoms with Gasteiger partial charge in [-0.25, -0.2) is 15.8 Å². The minimum Gasteiger partial charge on any atom is -0.507 e. The lowest BCUT2D eigenvalue weighted by Gasteiger charge is -2.02. The number of benzene rings is 3. The Morgan fingerprint density at radius 1 is 0.757 bits per heavy atom. The van der Waals surface area contributed by atoms with E-state index in [9.17, 15) is 19.5 Å². The summed E-state index contributed by atoms with van der Waals surface area (Å²) in [5, 5.41) is 25.3. The van der Waals surface area contributed by atoms with Crippen LogP contribution in [0.4, 0.5) is 5.95 Å². The number of hydrogen-bond donors (Lipinski definition) is 5. The van der Waals surface area contributed by atoms with Crippen LogP contribution in [0.1, 0.15) is 21.5 Å². The fraction of sp³-hybridized carbons (Fsp3) is 0. The molecule has 0 radical (unpaired) electrons. The first-order valence-electron chi connectivity index (χ1n) is 10.7. The number of carbonyl (C=O) groups excluding carboxylic acids is 3. The number of hydrazone groups is 2. The molecule has 3 aromatic carbocycles. The van der Waals surface area contributed by atoms with Crippen LogP contribution in [0.25, 0.3) is 0 Å². The molecule has 0 bridgehead atoms. The number of para-hydroxylation sites is 1. The average Bonchev–Trinajstić information content (AvgIpc) is 3.43. The van der Waals surface area contributed by atoms with E-state index in [-0.39, 0.29) is 17.3 Å². The molecule has 12 nitrogen and oxygen atoms in total. The van der Waals surface area contributed by atoms with Gasteiger partial charge in [0.05, 0.1) is 18.0 Å². The van der Waals surface area contributed by atoms with Gasteiger partial charge in [0.1, 0.15) is 12.1 Å². The number of aromatic hydroxyl groups is 1. The number of amides is 3. The predicted octanol–water partition coefficient (Wildman–Crippen LogP) is 2.05. The fourth-order valence-electron chi connectivity index (χ4n) is 2.61. The number of nitrogens with one attached hydrogen (secondary N) is 4. The molecule has 0 aliphatic heterocycles. The van der Waals surface area contributed by atoms with Crippen molar-refractivity contribution >= 4 is 36.1 Å². The van der Waals surface area contributed by atoms with Gasteiger partial charge in [-0.15, -0.1) is 5.10 Å². The standard InChI is InChI=1S/C16H14N4O2.C9H8N4O2/c21-15(19-17-11-13-7-3-1-4-8-13)16(22)20-18-12-14-9-5-2-6-10-14;14-7-4-2-1-3-6(7)8(15)12-9-10-5-11-13-9/h1-12H,(H,19,21)(H,20,22);1-5,14H,(H2,10,11,12,13,15). The van der Waals surface area contributed by atoms with E-state index in [2.05, 4.69) is 41.6 Å². The molecule has 3 amide bonds. The zero-order valence-corrected chi connectivity index (χ0v) is 19.3. The van der Waals surface area contributed by atoms with Crippen LogP contribution >= 0.6 is 0 Å². The minimum absolute atomic E-state index is 0.0782. The molecule has 0 fully saturated rings. The van der Waals surface area contributed by atoms with E-state index in [0.29, 0.717) is 0 Å². The van der Waals surface area contributed by atoms with E-state index >= 15 is 0 Å². The van der Waals surface area contributed by atoms with Gasteiger partial charge >= 0.3 is 11.8 Å². The molecule has 0 spiro atoms. The third-order valence-electron chi connectivity index (χ3n) is 4.35. The molecule has 186 valence electrons. The van der Waals surface area contributed by atoms with E-state index in [1.807, 2.05) is 60.7 Å². The molecule has 37 heavy (non-hydrogen) atoms. The Kier molecular flexibility index (Phi) is 9.76. The Morgan fingerprint density at radius 2 is 1.27 bits per heavy atom. The lowest BCUT2D eigenvalue weighted by molar-refractivity contribution is -0.139. The molecule has 0 saturated heterocycles. The number of rotatable bonds is 6. The molecule has 5 N–H and O–H groups in total. The minimum atomic E-state index is -0.891. The second-order valence-electron chi connectivity index (χ2n) is 7.01. The number of aromatic nitrogens is 3. The van der Waals surface area contributed by atoms with Gasteiger partial charge in [0.2, 0.25) is 5.95 Å².